The molecular weight excluding hydrogens is 150 g/mol. The number of amides is 1. The van der Waals surface area contributed by atoms with Gasteiger partial charge in [-0.05, 0) is 37.5 Å². The summed E-state index contributed by atoms with van der Waals surface area (Å²) in [6.45, 7) is 1.62. The highest BCUT2D eigenvalue weighted by Crippen LogP contribution is 2.52. The third-order valence-electron chi connectivity index (χ3n) is 3.52. The van der Waals surface area contributed by atoms with Crippen LogP contribution in [0.4, 0.5) is 0 Å². The molecule has 2 aliphatic rings. The Kier molecular flexibility index (Phi) is 1.85. The molecule has 0 saturated heterocycles. The Morgan fingerprint density at radius 3 is 2.58 bits per heavy atom. The van der Waals surface area contributed by atoms with E-state index in [1.165, 1.54) is 38.5 Å². The molecular formula is C10H17NO. The molecule has 2 aliphatic carbocycles. The van der Waals surface area contributed by atoms with Crippen molar-refractivity contribution in [1.82, 2.24) is 5.32 Å². The fraction of sp³-hybridized carbons (Fsp3) is 0.900. The van der Waals surface area contributed by atoms with Crippen LogP contribution in [0.25, 0.3) is 0 Å². The smallest absolute Gasteiger partial charge is 0.217 e. The number of carbonyl (C=O) groups is 1. The van der Waals surface area contributed by atoms with E-state index in [1.807, 2.05) is 0 Å². The largest absolute Gasteiger partial charge is 0.354 e. The zero-order valence-corrected chi connectivity index (χ0v) is 7.73. The molecule has 2 nitrogen and oxygen atoms in total. The Hall–Kier alpha value is -0.530. The van der Waals surface area contributed by atoms with E-state index < -0.39 is 0 Å². The zero-order chi connectivity index (χ0) is 8.60. The molecule has 1 amide bonds. The van der Waals surface area contributed by atoms with Crippen LogP contribution in [0.5, 0.6) is 0 Å². The maximum Gasteiger partial charge on any atom is 0.217 e. The van der Waals surface area contributed by atoms with Gasteiger partial charge in [0.15, 0.2) is 0 Å². The molecule has 0 aromatic rings. The first kappa shape index (κ1) is 8.09. The lowest BCUT2D eigenvalue weighted by Gasteiger charge is -2.38. The Morgan fingerprint density at radius 2 is 2.17 bits per heavy atom. The van der Waals surface area contributed by atoms with E-state index in [2.05, 4.69) is 5.32 Å². The Labute approximate surface area is 73.7 Å². The molecule has 2 heteroatoms. The van der Waals surface area contributed by atoms with Crippen molar-refractivity contribution in [2.24, 2.45) is 5.41 Å². The normalized spacial score (nSPS) is 31.6. The first-order valence-electron chi connectivity index (χ1n) is 4.97. The molecule has 0 aliphatic heterocycles. The molecule has 1 unspecified atom stereocenters. The van der Waals surface area contributed by atoms with Crippen LogP contribution in [0.3, 0.4) is 0 Å². The minimum absolute atomic E-state index is 0.136. The predicted molar refractivity (Wildman–Crippen MR) is 47.7 cm³/mol. The maximum atomic E-state index is 10.8. The van der Waals surface area contributed by atoms with Crippen LogP contribution in [0, 0.1) is 5.41 Å². The first-order valence-corrected chi connectivity index (χ1v) is 4.97. The van der Waals surface area contributed by atoms with E-state index in [0.29, 0.717) is 11.5 Å². The van der Waals surface area contributed by atoms with E-state index in [4.69, 9.17) is 0 Å². The van der Waals surface area contributed by atoms with Crippen LogP contribution in [0.1, 0.15) is 45.4 Å². The highest BCUT2D eigenvalue weighted by Gasteiger charge is 2.43. The van der Waals surface area contributed by atoms with Crippen molar-refractivity contribution in [1.29, 1.82) is 0 Å². The molecule has 2 fully saturated rings. The molecule has 2 rings (SSSR count). The molecule has 68 valence electrons. The van der Waals surface area contributed by atoms with Gasteiger partial charge in [-0.3, -0.25) is 4.79 Å². The highest BCUT2D eigenvalue weighted by atomic mass is 16.1. The van der Waals surface area contributed by atoms with Gasteiger partial charge in [0.05, 0.1) is 0 Å². The van der Waals surface area contributed by atoms with Crippen LogP contribution >= 0.6 is 0 Å². The lowest BCUT2D eigenvalue weighted by atomic mass is 9.67. The van der Waals surface area contributed by atoms with E-state index >= 15 is 0 Å². The van der Waals surface area contributed by atoms with Gasteiger partial charge in [0.2, 0.25) is 5.91 Å². The van der Waals surface area contributed by atoms with E-state index in [1.54, 1.807) is 6.92 Å². The summed E-state index contributed by atoms with van der Waals surface area (Å²) in [5.74, 6) is 0.136. The maximum absolute atomic E-state index is 10.8. The van der Waals surface area contributed by atoms with Crippen LogP contribution < -0.4 is 5.32 Å². The molecule has 0 heterocycles. The summed E-state index contributed by atoms with van der Waals surface area (Å²) in [7, 11) is 0. The lowest BCUT2D eigenvalue weighted by Crippen LogP contribution is -2.34. The second-order valence-electron chi connectivity index (χ2n) is 4.49. The van der Waals surface area contributed by atoms with Crippen molar-refractivity contribution < 1.29 is 4.79 Å². The first-order chi connectivity index (χ1) is 5.70. The number of hydrogen-bond donors (Lipinski definition) is 1. The third-order valence-corrected chi connectivity index (χ3v) is 3.52. The minimum Gasteiger partial charge on any atom is -0.354 e. The molecule has 1 spiro atoms. The van der Waals surface area contributed by atoms with Crippen LogP contribution in [0.2, 0.25) is 0 Å². The molecule has 12 heavy (non-hydrogen) atoms. The summed E-state index contributed by atoms with van der Waals surface area (Å²) >= 11 is 0. The summed E-state index contributed by atoms with van der Waals surface area (Å²) in [6, 6.07) is 0.489. The molecule has 0 radical (unpaired) electrons. The quantitative estimate of drug-likeness (QED) is 0.634. The Bertz CT molecular complexity index is 196. The third kappa shape index (κ3) is 1.35. The van der Waals surface area contributed by atoms with Gasteiger partial charge in [-0.1, -0.05) is 6.42 Å². The Morgan fingerprint density at radius 1 is 1.42 bits per heavy atom. The second kappa shape index (κ2) is 2.75. The van der Waals surface area contributed by atoms with Crippen LogP contribution in [-0.2, 0) is 4.79 Å². The SMILES string of the molecule is CC(=O)NC1CCC2(CCC2)C1. The summed E-state index contributed by atoms with van der Waals surface area (Å²) < 4.78 is 0. The number of hydrogen-bond acceptors (Lipinski definition) is 1. The monoisotopic (exact) mass is 167 g/mol. The highest BCUT2D eigenvalue weighted by molar-refractivity contribution is 5.73. The van der Waals surface area contributed by atoms with Crippen molar-refractivity contribution in [3.05, 3.63) is 0 Å². The standard InChI is InChI=1S/C10H17NO/c1-8(12)11-9-3-6-10(7-9)4-2-5-10/h9H,2-7H2,1H3,(H,11,12). The molecule has 1 atom stereocenters. The van der Waals surface area contributed by atoms with Crippen molar-refractivity contribution in [3.63, 3.8) is 0 Å². The van der Waals surface area contributed by atoms with Gasteiger partial charge in [0, 0.05) is 13.0 Å². The number of carbonyl (C=O) groups excluding carboxylic acids is 1. The number of nitrogens with one attached hydrogen (secondary N) is 1. The Balaban J connectivity index is 1.85. The van der Waals surface area contributed by atoms with Gasteiger partial charge >= 0.3 is 0 Å². The van der Waals surface area contributed by atoms with Gasteiger partial charge in [0.25, 0.3) is 0 Å². The van der Waals surface area contributed by atoms with Crippen LogP contribution in [-0.4, -0.2) is 11.9 Å². The van der Waals surface area contributed by atoms with E-state index in [-0.39, 0.29) is 5.91 Å². The van der Waals surface area contributed by atoms with Crippen molar-refractivity contribution >= 4 is 5.91 Å². The van der Waals surface area contributed by atoms with Gasteiger partial charge in [0.1, 0.15) is 0 Å². The summed E-state index contributed by atoms with van der Waals surface area (Å²) in [5.41, 5.74) is 0.660. The molecule has 2 saturated carbocycles. The van der Waals surface area contributed by atoms with Crippen LogP contribution in [0.15, 0.2) is 0 Å². The number of rotatable bonds is 1. The van der Waals surface area contributed by atoms with Gasteiger partial charge in [-0.25, -0.2) is 0 Å². The van der Waals surface area contributed by atoms with E-state index in [9.17, 15) is 4.79 Å². The topological polar surface area (TPSA) is 29.1 Å². The average molecular weight is 167 g/mol. The van der Waals surface area contributed by atoms with Gasteiger partial charge in [-0.15, -0.1) is 0 Å². The fourth-order valence-corrected chi connectivity index (χ4v) is 2.75. The predicted octanol–water partition coefficient (Wildman–Crippen LogP) is 1.85. The fourth-order valence-electron chi connectivity index (χ4n) is 2.75. The summed E-state index contributed by atoms with van der Waals surface area (Å²) in [4.78, 5) is 10.8. The van der Waals surface area contributed by atoms with E-state index in [0.717, 1.165) is 0 Å². The zero-order valence-electron chi connectivity index (χ0n) is 7.73. The van der Waals surface area contributed by atoms with Crippen molar-refractivity contribution in [2.75, 3.05) is 0 Å². The molecule has 0 aromatic carbocycles. The average Bonchev–Trinajstić information content (AvgIpc) is 2.29. The van der Waals surface area contributed by atoms with Crippen molar-refractivity contribution in [2.45, 2.75) is 51.5 Å². The molecule has 0 bridgehead atoms. The molecule has 1 N–H and O–H groups in total. The van der Waals surface area contributed by atoms with Gasteiger partial charge < -0.3 is 5.32 Å². The molecule has 0 aromatic heterocycles. The second-order valence-corrected chi connectivity index (χ2v) is 4.49. The lowest BCUT2D eigenvalue weighted by molar-refractivity contribution is -0.119. The summed E-state index contributed by atoms with van der Waals surface area (Å²) in [6.07, 6.45) is 8.02. The van der Waals surface area contributed by atoms with Crippen molar-refractivity contribution in [3.8, 4) is 0 Å². The summed E-state index contributed by atoms with van der Waals surface area (Å²) in [5, 5.41) is 3.03. The minimum atomic E-state index is 0.136. The van der Waals surface area contributed by atoms with Gasteiger partial charge in [-0.2, -0.15) is 0 Å².